The fourth-order valence-electron chi connectivity index (χ4n) is 3.80. The smallest absolute Gasteiger partial charge is 0.191 e. The molecule has 1 unspecified atom stereocenters. The van der Waals surface area contributed by atoms with E-state index in [1.54, 1.807) is 7.11 Å². The maximum absolute atomic E-state index is 6.16. The first-order chi connectivity index (χ1) is 14.6. The van der Waals surface area contributed by atoms with Gasteiger partial charge in [-0.25, -0.2) is 4.99 Å². The van der Waals surface area contributed by atoms with Crippen LogP contribution in [-0.2, 0) is 20.8 Å². The summed E-state index contributed by atoms with van der Waals surface area (Å²) in [6.07, 6.45) is 2.84. The molecule has 0 spiro atoms. The number of nitrogens with zero attached hydrogens (tertiary/aromatic N) is 1. The van der Waals surface area contributed by atoms with Crippen LogP contribution in [0, 0.1) is 12.8 Å². The van der Waals surface area contributed by atoms with Crippen LogP contribution >= 0.6 is 0 Å². The molecule has 7 heteroatoms. The van der Waals surface area contributed by atoms with Crippen LogP contribution in [0.15, 0.2) is 23.2 Å². The lowest BCUT2D eigenvalue weighted by atomic mass is 9.94. The van der Waals surface area contributed by atoms with E-state index in [9.17, 15) is 0 Å². The van der Waals surface area contributed by atoms with Crippen LogP contribution in [-0.4, -0.2) is 64.8 Å². The van der Waals surface area contributed by atoms with Crippen molar-refractivity contribution in [3.63, 3.8) is 0 Å². The molecule has 2 heterocycles. The van der Waals surface area contributed by atoms with Gasteiger partial charge >= 0.3 is 0 Å². The molecule has 2 aliphatic heterocycles. The standard InChI is InChI=1S/C23H37N3O4/c1-4-24-22(26-17-23(27-3)8-11-28-12-9-23)25-14-20-6-5-18(2)13-21(20)30-16-19-7-10-29-15-19/h5-6,13,19H,4,7-12,14-17H2,1-3H3,(H2,24,25,26). The van der Waals surface area contributed by atoms with E-state index in [0.29, 0.717) is 25.6 Å². The van der Waals surface area contributed by atoms with Crippen molar-refractivity contribution in [2.24, 2.45) is 10.9 Å². The summed E-state index contributed by atoms with van der Waals surface area (Å²) >= 11 is 0. The lowest BCUT2D eigenvalue weighted by molar-refractivity contribution is -0.0855. The van der Waals surface area contributed by atoms with E-state index in [0.717, 1.165) is 69.5 Å². The van der Waals surface area contributed by atoms with E-state index in [1.165, 1.54) is 5.56 Å². The Bertz CT molecular complexity index is 683. The highest BCUT2D eigenvalue weighted by molar-refractivity contribution is 5.79. The first-order valence-electron chi connectivity index (χ1n) is 11.1. The number of hydrogen-bond donors (Lipinski definition) is 2. The minimum atomic E-state index is -0.198. The third-order valence-electron chi connectivity index (χ3n) is 5.89. The summed E-state index contributed by atoms with van der Waals surface area (Å²) in [6.45, 7) is 10.0. The van der Waals surface area contributed by atoms with Gasteiger partial charge in [-0.3, -0.25) is 0 Å². The van der Waals surface area contributed by atoms with Gasteiger partial charge in [0, 0.05) is 64.3 Å². The second-order valence-corrected chi connectivity index (χ2v) is 8.20. The molecule has 7 nitrogen and oxygen atoms in total. The van der Waals surface area contributed by atoms with Crippen LogP contribution in [0.3, 0.4) is 0 Å². The van der Waals surface area contributed by atoms with Gasteiger partial charge in [-0.15, -0.1) is 0 Å². The summed E-state index contributed by atoms with van der Waals surface area (Å²) in [6, 6.07) is 6.32. The summed E-state index contributed by atoms with van der Waals surface area (Å²) in [4.78, 5) is 4.81. The SMILES string of the molecule is CCNC(=NCc1ccc(C)cc1OCC1CCOC1)NCC1(OC)CCOCC1. The molecular formula is C23H37N3O4. The molecule has 0 aliphatic carbocycles. The molecule has 0 bridgehead atoms. The molecule has 1 aromatic rings. The monoisotopic (exact) mass is 419 g/mol. The average molecular weight is 420 g/mol. The predicted molar refractivity (Wildman–Crippen MR) is 118 cm³/mol. The first-order valence-corrected chi connectivity index (χ1v) is 11.1. The van der Waals surface area contributed by atoms with Crippen molar-refractivity contribution in [2.75, 3.05) is 53.2 Å². The molecule has 1 aromatic carbocycles. The van der Waals surface area contributed by atoms with E-state index in [1.807, 2.05) is 0 Å². The molecule has 2 N–H and O–H groups in total. The Balaban J connectivity index is 1.63. The summed E-state index contributed by atoms with van der Waals surface area (Å²) in [5.41, 5.74) is 2.08. The highest BCUT2D eigenvalue weighted by Crippen LogP contribution is 2.25. The van der Waals surface area contributed by atoms with E-state index in [2.05, 4.69) is 42.7 Å². The minimum absolute atomic E-state index is 0.198. The van der Waals surface area contributed by atoms with Crippen molar-refractivity contribution >= 4 is 5.96 Å². The molecule has 0 aromatic heterocycles. The second-order valence-electron chi connectivity index (χ2n) is 8.20. The maximum Gasteiger partial charge on any atom is 0.191 e. The van der Waals surface area contributed by atoms with Gasteiger partial charge in [-0.05, 0) is 31.9 Å². The van der Waals surface area contributed by atoms with Gasteiger partial charge in [0.25, 0.3) is 0 Å². The van der Waals surface area contributed by atoms with Gasteiger partial charge in [-0.2, -0.15) is 0 Å². The van der Waals surface area contributed by atoms with Crippen molar-refractivity contribution in [3.05, 3.63) is 29.3 Å². The molecule has 2 aliphatic rings. The Morgan fingerprint density at radius 2 is 2.03 bits per heavy atom. The fraction of sp³-hybridized carbons (Fsp3) is 0.696. The van der Waals surface area contributed by atoms with Crippen molar-refractivity contribution in [1.29, 1.82) is 0 Å². The number of rotatable bonds is 9. The fourth-order valence-corrected chi connectivity index (χ4v) is 3.80. The summed E-state index contributed by atoms with van der Waals surface area (Å²) in [7, 11) is 1.78. The maximum atomic E-state index is 6.16. The summed E-state index contributed by atoms with van der Waals surface area (Å²) in [5, 5.41) is 6.80. The quantitative estimate of drug-likeness (QED) is 0.474. The molecule has 0 amide bonds. The molecule has 2 fully saturated rings. The molecule has 0 saturated carbocycles. The Morgan fingerprint density at radius 3 is 2.73 bits per heavy atom. The van der Waals surface area contributed by atoms with E-state index >= 15 is 0 Å². The zero-order valence-corrected chi connectivity index (χ0v) is 18.7. The molecule has 168 valence electrons. The third kappa shape index (κ3) is 6.59. The number of benzene rings is 1. The van der Waals surface area contributed by atoms with Crippen molar-refractivity contribution < 1.29 is 18.9 Å². The molecule has 0 radical (unpaired) electrons. The molecule has 30 heavy (non-hydrogen) atoms. The highest BCUT2D eigenvalue weighted by atomic mass is 16.5. The van der Waals surface area contributed by atoms with Crippen LogP contribution in [0.1, 0.15) is 37.3 Å². The number of aliphatic imine (C=N–C) groups is 1. The Labute approximate surface area is 180 Å². The van der Waals surface area contributed by atoms with Gasteiger partial charge in [0.15, 0.2) is 5.96 Å². The third-order valence-corrected chi connectivity index (χ3v) is 5.89. The van der Waals surface area contributed by atoms with Crippen LogP contribution < -0.4 is 15.4 Å². The van der Waals surface area contributed by atoms with E-state index in [4.69, 9.17) is 23.9 Å². The zero-order valence-electron chi connectivity index (χ0n) is 18.7. The summed E-state index contributed by atoms with van der Waals surface area (Å²) < 4.78 is 22.9. The lowest BCUT2D eigenvalue weighted by Gasteiger charge is -2.36. The first kappa shape index (κ1) is 22.8. The number of ether oxygens (including phenoxy) is 4. The van der Waals surface area contributed by atoms with Gasteiger partial charge in [-0.1, -0.05) is 12.1 Å². The van der Waals surface area contributed by atoms with Gasteiger partial charge in [0.1, 0.15) is 5.75 Å². The lowest BCUT2D eigenvalue weighted by Crippen LogP contribution is -2.50. The number of methoxy groups -OCH3 is 1. The van der Waals surface area contributed by atoms with E-state index < -0.39 is 0 Å². The summed E-state index contributed by atoms with van der Waals surface area (Å²) in [5.74, 6) is 2.18. The Hall–Kier alpha value is -1.83. The second kappa shape index (κ2) is 11.5. The molecule has 1 atom stereocenters. The topological polar surface area (TPSA) is 73.3 Å². The molecule has 3 rings (SSSR count). The van der Waals surface area contributed by atoms with Gasteiger partial charge in [0.05, 0.1) is 25.4 Å². The van der Waals surface area contributed by atoms with E-state index in [-0.39, 0.29) is 5.60 Å². The van der Waals surface area contributed by atoms with Crippen LogP contribution in [0.4, 0.5) is 0 Å². The minimum Gasteiger partial charge on any atom is -0.493 e. The van der Waals surface area contributed by atoms with Crippen LogP contribution in [0.25, 0.3) is 0 Å². The predicted octanol–water partition coefficient (Wildman–Crippen LogP) is 2.66. The number of nitrogens with one attached hydrogen (secondary N) is 2. The largest absolute Gasteiger partial charge is 0.493 e. The van der Waals surface area contributed by atoms with Crippen LogP contribution in [0.5, 0.6) is 5.75 Å². The van der Waals surface area contributed by atoms with Crippen molar-refractivity contribution in [3.8, 4) is 5.75 Å². The number of hydrogen-bond acceptors (Lipinski definition) is 5. The van der Waals surface area contributed by atoms with Gasteiger partial charge in [0.2, 0.25) is 0 Å². The number of guanidine groups is 1. The molecular weight excluding hydrogens is 382 g/mol. The zero-order chi connectivity index (χ0) is 21.2. The normalized spacial score (nSPS) is 21.4. The Kier molecular flexibility index (Phi) is 8.78. The van der Waals surface area contributed by atoms with Crippen LogP contribution in [0.2, 0.25) is 0 Å². The Morgan fingerprint density at radius 1 is 1.20 bits per heavy atom. The van der Waals surface area contributed by atoms with Crippen molar-refractivity contribution in [1.82, 2.24) is 10.6 Å². The average Bonchev–Trinajstić information content (AvgIpc) is 3.29. The highest BCUT2D eigenvalue weighted by Gasteiger charge is 2.32. The van der Waals surface area contributed by atoms with Crippen molar-refractivity contribution in [2.45, 2.75) is 45.3 Å². The van der Waals surface area contributed by atoms with Gasteiger partial charge < -0.3 is 29.6 Å². The molecule has 2 saturated heterocycles. The number of aryl methyl sites for hydroxylation is 1.